The number of piperidine rings is 1. The summed E-state index contributed by atoms with van der Waals surface area (Å²) in [6, 6.07) is 0.233. The molecular weight excluding hydrogens is 232 g/mol. The number of carboxylic acids is 1. The molecule has 0 radical (unpaired) electrons. The zero-order chi connectivity index (χ0) is 13.3. The van der Waals surface area contributed by atoms with Crippen LogP contribution >= 0.6 is 0 Å². The Kier molecular flexibility index (Phi) is 3.90. The number of nitrogens with one attached hydrogen (secondary N) is 1. The number of carbonyl (C=O) groups excluding carboxylic acids is 1. The molecule has 1 amide bonds. The highest BCUT2D eigenvalue weighted by atomic mass is 16.4. The largest absolute Gasteiger partial charge is 0.481 e. The van der Waals surface area contributed by atoms with Crippen LogP contribution in [0.1, 0.15) is 33.1 Å². The second kappa shape index (κ2) is 5.26. The minimum atomic E-state index is -0.711. The van der Waals surface area contributed by atoms with E-state index < -0.39 is 5.97 Å². The van der Waals surface area contributed by atoms with E-state index in [4.69, 9.17) is 5.11 Å². The summed E-state index contributed by atoms with van der Waals surface area (Å²) < 4.78 is 0. The van der Waals surface area contributed by atoms with Gasteiger partial charge in [0, 0.05) is 12.6 Å². The van der Waals surface area contributed by atoms with E-state index in [0.717, 1.165) is 12.8 Å². The normalized spacial score (nSPS) is 30.8. The van der Waals surface area contributed by atoms with E-state index in [-0.39, 0.29) is 23.8 Å². The van der Waals surface area contributed by atoms with Crippen molar-refractivity contribution in [3.8, 4) is 0 Å². The van der Waals surface area contributed by atoms with Crippen molar-refractivity contribution in [3.63, 3.8) is 0 Å². The molecule has 0 bridgehead atoms. The van der Waals surface area contributed by atoms with Gasteiger partial charge in [-0.15, -0.1) is 0 Å². The first kappa shape index (κ1) is 13.3. The Morgan fingerprint density at radius 3 is 2.50 bits per heavy atom. The fourth-order valence-corrected chi connectivity index (χ4v) is 2.61. The number of carbonyl (C=O) groups is 2. The highest BCUT2D eigenvalue weighted by molar-refractivity contribution is 5.82. The molecule has 5 heteroatoms. The van der Waals surface area contributed by atoms with Crippen LogP contribution in [0.3, 0.4) is 0 Å². The molecular formula is C13H22N2O3. The standard InChI is InChI=1S/C13H22N2O3/c1-8-7-15(6-5-11(8)13(17)18)9(2)12(16)14-10-3-4-10/h8-11H,3-7H2,1-2H3,(H,14,16)(H,17,18). The lowest BCUT2D eigenvalue weighted by Gasteiger charge is -2.37. The van der Waals surface area contributed by atoms with Gasteiger partial charge in [-0.05, 0) is 38.6 Å². The number of nitrogens with zero attached hydrogens (tertiary/aromatic N) is 1. The van der Waals surface area contributed by atoms with Gasteiger partial charge in [-0.3, -0.25) is 14.5 Å². The molecule has 1 aliphatic carbocycles. The number of carboxylic acid groups (broad SMARTS) is 1. The molecule has 1 aliphatic heterocycles. The second-order valence-electron chi connectivity index (χ2n) is 5.66. The Labute approximate surface area is 108 Å². The number of hydrogen-bond donors (Lipinski definition) is 2. The van der Waals surface area contributed by atoms with E-state index in [1.807, 2.05) is 13.8 Å². The van der Waals surface area contributed by atoms with Gasteiger partial charge in [-0.1, -0.05) is 6.92 Å². The Bertz CT molecular complexity index is 341. The number of rotatable bonds is 4. The molecule has 2 aliphatic rings. The van der Waals surface area contributed by atoms with Crippen molar-refractivity contribution in [3.05, 3.63) is 0 Å². The summed E-state index contributed by atoms with van der Waals surface area (Å²) in [6.45, 7) is 5.25. The molecule has 1 heterocycles. The van der Waals surface area contributed by atoms with Crippen LogP contribution in [0.15, 0.2) is 0 Å². The molecule has 5 nitrogen and oxygen atoms in total. The molecule has 102 valence electrons. The van der Waals surface area contributed by atoms with E-state index in [9.17, 15) is 9.59 Å². The molecule has 0 aromatic rings. The molecule has 1 saturated carbocycles. The van der Waals surface area contributed by atoms with E-state index in [0.29, 0.717) is 25.6 Å². The van der Waals surface area contributed by atoms with Crippen molar-refractivity contribution in [2.24, 2.45) is 11.8 Å². The molecule has 0 aromatic heterocycles. The van der Waals surface area contributed by atoms with E-state index in [2.05, 4.69) is 10.2 Å². The van der Waals surface area contributed by atoms with Crippen molar-refractivity contribution >= 4 is 11.9 Å². The summed E-state index contributed by atoms with van der Waals surface area (Å²) in [5.74, 6) is -0.789. The third kappa shape index (κ3) is 3.02. The zero-order valence-corrected chi connectivity index (χ0v) is 11.1. The van der Waals surface area contributed by atoms with Gasteiger partial charge < -0.3 is 10.4 Å². The van der Waals surface area contributed by atoms with Crippen LogP contribution in [0.25, 0.3) is 0 Å². The molecule has 1 saturated heterocycles. The average Bonchev–Trinajstić information content (AvgIpc) is 3.11. The predicted molar refractivity (Wildman–Crippen MR) is 67.1 cm³/mol. The number of likely N-dealkylation sites (tertiary alicyclic amines) is 1. The van der Waals surface area contributed by atoms with Gasteiger partial charge in [0.15, 0.2) is 0 Å². The maximum Gasteiger partial charge on any atom is 0.306 e. The van der Waals surface area contributed by atoms with Gasteiger partial charge in [-0.2, -0.15) is 0 Å². The minimum absolute atomic E-state index is 0.0819. The quantitative estimate of drug-likeness (QED) is 0.774. The summed E-state index contributed by atoms with van der Waals surface area (Å²) in [7, 11) is 0. The van der Waals surface area contributed by atoms with E-state index in [1.54, 1.807) is 0 Å². The molecule has 2 rings (SSSR count). The maximum absolute atomic E-state index is 11.9. The predicted octanol–water partition coefficient (Wildman–Crippen LogP) is 0.696. The van der Waals surface area contributed by atoms with Crippen LogP contribution in [0.5, 0.6) is 0 Å². The van der Waals surface area contributed by atoms with Crippen LogP contribution in [-0.4, -0.2) is 47.1 Å². The zero-order valence-electron chi connectivity index (χ0n) is 11.1. The van der Waals surface area contributed by atoms with Crippen molar-refractivity contribution < 1.29 is 14.7 Å². The lowest BCUT2D eigenvalue weighted by atomic mass is 9.86. The van der Waals surface area contributed by atoms with Gasteiger partial charge in [0.05, 0.1) is 12.0 Å². The van der Waals surface area contributed by atoms with Gasteiger partial charge >= 0.3 is 5.97 Å². The summed E-state index contributed by atoms with van der Waals surface area (Å²) in [5.41, 5.74) is 0. The molecule has 3 atom stereocenters. The Hall–Kier alpha value is -1.10. The van der Waals surface area contributed by atoms with Crippen LogP contribution in [0.4, 0.5) is 0 Å². The van der Waals surface area contributed by atoms with Crippen molar-refractivity contribution in [1.82, 2.24) is 10.2 Å². The topological polar surface area (TPSA) is 69.6 Å². The van der Waals surface area contributed by atoms with Crippen LogP contribution in [0, 0.1) is 11.8 Å². The van der Waals surface area contributed by atoms with Gasteiger partial charge in [0.25, 0.3) is 0 Å². The molecule has 2 fully saturated rings. The fourth-order valence-electron chi connectivity index (χ4n) is 2.61. The summed E-state index contributed by atoms with van der Waals surface area (Å²) in [4.78, 5) is 25.1. The van der Waals surface area contributed by atoms with Crippen LogP contribution in [0.2, 0.25) is 0 Å². The third-order valence-electron chi connectivity index (χ3n) is 4.10. The molecule has 18 heavy (non-hydrogen) atoms. The summed E-state index contributed by atoms with van der Waals surface area (Å²) in [5, 5.41) is 12.1. The third-order valence-corrected chi connectivity index (χ3v) is 4.10. The number of aliphatic carboxylic acids is 1. The van der Waals surface area contributed by atoms with Crippen molar-refractivity contribution in [2.45, 2.75) is 45.2 Å². The Morgan fingerprint density at radius 1 is 1.33 bits per heavy atom. The SMILES string of the molecule is CC1CN(C(C)C(=O)NC2CC2)CCC1C(=O)O. The maximum atomic E-state index is 11.9. The minimum Gasteiger partial charge on any atom is -0.481 e. The molecule has 0 aromatic carbocycles. The molecule has 2 N–H and O–H groups in total. The number of hydrogen-bond acceptors (Lipinski definition) is 3. The second-order valence-corrected chi connectivity index (χ2v) is 5.66. The van der Waals surface area contributed by atoms with Crippen LogP contribution < -0.4 is 5.32 Å². The molecule has 3 unspecified atom stereocenters. The van der Waals surface area contributed by atoms with Gasteiger partial charge in [0.1, 0.15) is 0 Å². The van der Waals surface area contributed by atoms with Crippen LogP contribution in [-0.2, 0) is 9.59 Å². The Morgan fingerprint density at radius 2 is 2.00 bits per heavy atom. The number of amides is 1. The lowest BCUT2D eigenvalue weighted by Crippen LogP contribution is -2.51. The smallest absolute Gasteiger partial charge is 0.306 e. The lowest BCUT2D eigenvalue weighted by molar-refractivity contribution is -0.146. The molecule has 0 spiro atoms. The fraction of sp³-hybridized carbons (Fsp3) is 0.846. The first-order chi connectivity index (χ1) is 8.49. The first-order valence-corrected chi connectivity index (χ1v) is 6.76. The van der Waals surface area contributed by atoms with Crippen molar-refractivity contribution in [2.75, 3.05) is 13.1 Å². The van der Waals surface area contributed by atoms with E-state index >= 15 is 0 Å². The summed E-state index contributed by atoms with van der Waals surface area (Å²) in [6.07, 6.45) is 2.82. The average molecular weight is 254 g/mol. The summed E-state index contributed by atoms with van der Waals surface area (Å²) >= 11 is 0. The Balaban J connectivity index is 1.86. The highest BCUT2D eigenvalue weighted by Gasteiger charge is 2.35. The highest BCUT2D eigenvalue weighted by Crippen LogP contribution is 2.25. The van der Waals surface area contributed by atoms with Crippen molar-refractivity contribution in [1.29, 1.82) is 0 Å². The van der Waals surface area contributed by atoms with E-state index in [1.165, 1.54) is 0 Å². The monoisotopic (exact) mass is 254 g/mol. The van der Waals surface area contributed by atoms with Gasteiger partial charge in [-0.25, -0.2) is 0 Å². The van der Waals surface area contributed by atoms with Gasteiger partial charge in [0.2, 0.25) is 5.91 Å². The first-order valence-electron chi connectivity index (χ1n) is 6.76.